The third-order valence-corrected chi connectivity index (χ3v) is 4.10. The van der Waals surface area contributed by atoms with Gasteiger partial charge in [-0.05, 0) is 35.4 Å². The number of nitrogens with one attached hydrogen (secondary N) is 1. The molecule has 26 heavy (non-hydrogen) atoms. The molecule has 0 aliphatic heterocycles. The number of hydrogen-bond acceptors (Lipinski definition) is 3. The second-order valence-corrected chi connectivity index (χ2v) is 5.98. The van der Waals surface area contributed by atoms with Crippen LogP contribution >= 0.6 is 0 Å². The Labute approximate surface area is 151 Å². The maximum atomic E-state index is 13.7. The predicted molar refractivity (Wildman–Crippen MR) is 96.3 cm³/mol. The summed E-state index contributed by atoms with van der Waals surface area (Å²) in [4.78, 5) is 16.9. The average molecular weight is 353 g/mol. The van der Waals surface area contributed by atoms with E-state index in [0.29, 0.717) is 17.1 Å². The molecule has 3 rings (SSSR count). The number of benzene rings is 2. The van der Waals surface area contributed by atoms with Crippen LogP contribution in [0.4, 0.5) is 4.39 Å². The lowest BCUT2D eigenvalue weighted by Gasteiger charge is -2.19. The Morgan fingerprint density at radius 1 is 1.27 bits per heavy atom. The number of amides is 1. The predicted octanol–water partition coefficient (Wildman–Crippen LogP) is 3.02. The highest BCUT2D eigenvalue weighted by Gasteiger charge is 2.21. The van der Waals surface area contributed by atoms with Crippen LogP contribution in [-0.2, 0) is 18.3 Å². The van der Waals surface area contributed by atoms with Crippen LogP contribution < -0.4 is 10.1 Å². The zero-order valence-corrected chi connectivity index (χ0v) is 14.6. The highest BCUT2D eigenvalue weighted by atomic mass is 19.1. The Morgan fingerprint density at radius 3 is 2.77 bits per heavy atom. The number of ether oxygens (including phenoxy) is 1. The van der Waals surface area contributed by atoms with Crippen LogP contribution in [0.3, 0.4) is 0 Å². The number of carbonyl (C=O) groups is 1. The van der Waals surface area contributed by atoms with Gasteiger partial charge in [-0.25, -0.2) is 9.37 Å². The van der Waals surface area contributed by atoms with Crippen molar-refractivity contribution in [1.29, 1.82) is 0 Å². The van der Waals surface area contributed by atoms with Gasteiger partial charge in [-0.2, -0.15) is 0 Å². The summed E-state index contributed by atoms with van der Waals surface area (Å²) in [5.74, 6) is 0.787. The molecule has 0 aliphatic rings. The van der Waals surface area contributed by atoms with Gasteiger partial charge in [-0.1, -0.05) is 24.3 Å². The van der Waals surface area contributed by atoms with Crippen molar-refractivity contribution in [2.75, 3.05) is 7.11 Å². The quantitative estimate of drug-likeness (QED) is 0.741. The molecule has 1 aromatic heterocycles. The van der Waals surface area contributed by atoms with E-state index in [1.54, 1.807) is 36.2 Å². The molecule has 6 heteroatoms. The van der Waals surface area contributed by atoms with Crippen LogP contribution in [0.1, 0.15) is 23.0 Å². The second-order valence-electron chi connectivity index (χ2n) is 5.98. The highest BCUT2D eigenvalue weighted by molar-refractivity contribution is 5.79. The van der Waals surface area contributed by atoms with Gasteiger partial charge in [0.2, 0.25) is 5.91 Å². The molecule has 3 aromatic rings. The number of carbonyl (C=O) groups excluding carboxylic acids is 1. The summed E-state index contributed by atoms with van der Waals surface area (Å²) in [6.07, 6.45) is 3.62. The topological polar surface area (TPSA) is 56.1 Å². The fraction of sp³-hybridized carbons (Fsp3) is 0.200. The third kappa shape index (κ3) is 4.08. The van der Waals surface area contributed by atoms with Gasteiger partial charge in [0.15, 0.2) is 0 Å². The van der Waals surface area contributed by atoms with Gasteiger partial charge in [0.25, 0.3) is 0 Å². The molecule has 134 valence electrons. The zero-order valence-electron chi connectivity index (χ0n) is 14.6. The van der Waals surface area contributed by atoms with Gasteiger partial charge < -0.3 is 14.6 Å². The first-order valence-electron chi connectivity index (χ1n) is 8.22. The summed E-state index contributed by atoms with van der Waals surface area (Å²) in [5.41, 5.74) is 1.47. The number of rotatable bonds is 6. The number of nitrogens with zero attached hydrogens (tertiary/aromatic N) is 2. The van der Waals surface area contributed by atoms with Gasteiger partial charge in [0.05, 0.1) is 13.5 Å². The maximum Gasteiger partial charge on any atom is 0.225 e. The summed E-state index contributed by atoms with van der Waals surface area (Å²) in [7, 11) is 3.42. The largest absolute Gasteiger partial charge is 0.497 e. The summed E-state index contributed by atoms with van der Waals surface area (Å²) in [6, 6.07) is 13.0. The van der Waals surface area contributed by atoms with Crippen LogP contribution in [0.2, 0.25) is 0 Å². The molecule has 1 N–H and O–H groups in total. The van der Waals surface area contributed by atoms with Gasteiger partial charge in [-0.15, -0.1) is 0 Å². The summed E-state index contributed by atoms with van der Waals surface area (Å²) in [6.45, 7) is 0. The molecular weight excluding hydrogens is 333 g/mol. The molecule has 1 amide bonds. The minimum absolute atomic E-state index is 0.185. The van der Waals surface area contributed by atoms with Gasteiger partial charge in [0.1, 0.15) is 23.4 Å². The normalized spacial score (nSPS) is 11.8. The lowest BCUT2D eigenvalue weighted by molar-refractivity contribution is -0.121. The molecule has 2 aromatic carbocycles. The Balaban J connectivity index is 1.83. The molecule has 0 radical (unpaired) electrons. The first-order valence-corrected chi connectivity index (χ1v) is 8.22. The van der Waals surface area contributed by atoms with Crippen LogP contribution in [-0.4, -0.2) is 22.6 Å². The average Bonchev–Trinajstić information content (AvgIpc) is 3.05. The Hall–Kier alpha value is -3.15. The standard InChI is InChI=1S/C20H20FN3O2/c1-24-10-9-22-20(24)19(15-6-4-7-16(21)13-15)23-18(25)12-14-5-3-8-17(11-14)26-2/h3-11,13,19H,12H2,1-2H3,(H,23,25)/t19-/m1/s1. The number of aromatic nitrogens is 2. The van der Waals surface area contributed by atoms with Crippen molar-refractivity contribution < 1.29 is 13.9 Å². The van der Waals surface area contributed by atoms with E-state index < -0.39 is 6.04 Å². The van der Waals surface area contributed by atoms with E-state index in [2.05, 4.69) is 10.3 Å². The van der Waals surface area contributed by atoms with Crippen molar-refractivity contribution in [1.82, 2.24) is 14.9 Å². The van der Waals surface area contributed by atoms with Gasteiger partial charge in [-0.3, -0.25) is 4.79 Å². The summed E-state index contributed by atoms with van der Waals surface area (Å²) < 4.78 is 20.7. The first kappa shape index (κ1) is 17.7. The lowest BCUT2D eigenvalue weighted by atomic mass is 10.0. The van der Waals surface area contributed by atoms with E-state index in [1.165, 1.54) is 12.1 Å². The van der Waals surface area contributed by atoms with E-state index in [0.717, 1.165) is 5.56 Å². The van der Waals surface area contributed by atoms with Crippen LogP contribution in [0.25, 0.3) is 0 Å². The molecule has 0 bridgehead atoms. The van der Waals surface area contributed by atoms with E-state index in [4.69, 9.17) is 4.74 Å². The van der Waals surface area contributed by atoms with Crippen LogP contribution in [0.15, 0.2) is 60.9 Å². The molecule has 0 unspecified atom stereocenters. The van der Waals surface area contributed by atoms with Crippen LogP contribution in [0.5, 0.6) is 5.75 Å². The van der Waals surface area contributed by atoms with Crippen molar-refractivity contribution >= 4 is 5.91 Å². The third-order valence-electron chi connectivity index (χ3n) is 4.10. The number of aryl methyl sites for hydroxylation is 1. The number of imidazole rings is 1. The highest BCUT2D eigenvalue weighted by Crippen LogP contribution is 2.22. The Kier molecular flexibility index (Phi) is 5.31. The smallest absolute Gasteiger partial charge is 0.225 e. The zero-order chi connectivity index (χ0) is 18.5. The van der Waals surface area contributed by atoms with E-state index in [9.17, 15) is 9.18 Å². The molecule has 5 nitrogen and oxygen atoms in total. The number of methoxy groups -OCH3 is 1. The van der Waals surface area contributed by atoms with Crippen molar-refractivity contribution in [2.45, 2.75) is 12.5 Å². The Morgan fingerprint density at radius 2 is 2.08 bits per heavy atom. The van der Waals surface area contributed by atoms with Crippen molar-refractivity contribution in [3.8, 4) is 5.75 Å². The van der Waals surface area contributed by atoms with Crippen molar-refractivity contribution in [2.24, 2.45) is 7.05 Å². The number of halogens is 1. The molecular formula is C20H20FN3O2. The van der Waals surface area contributed by atoms with Gasteiger partial charge in [0, 0.05) is 19.4 Å². The molecule has 1 atom stereocenters. The van der Waals surface area contributed by atoms with Crippen LogP contribution in [0, 0.1) is 5.82 Å². The van der Waals surface area contributed by atoms with E-state index in [1.807, 2.05) is 31.3 Å². The molecule has 0 spiro atoms. The summed E-state index contributed by atoms with van der Waals surface area (Å²) >= 11 is 0. The molecule has 1 heterocycles. The lowest BCUT2D eigenvalue weighted by Crippen LogP contribution is -2.32. The van der Waals surface area contributed by atoms with Crippen molar-refractivity contribution in [3.05, 3.63) is 83.7 Å². The molecule has 0 saturated heterocycles. The second kappa shape index (κ2) is 7.82. The fourth-order valence-electron chi connectivity index (χ4n) is 2.82. The van der Waals surface area contributed by atoms with Crippen molar-refractivity contribution in [3.63, 3.8) is 0 Å². The maximum absolute atomic E-state index is 13.7. The fourth-order valence-corrected chi connectivity index (χ4v) is 2.82. The number of hydrogen-bond donors (Lipinski definition) is 1. The minimum atomic E-state index is -0.538. The molecule has 0 fully saturated rings. The van der Waals surface area contributed by atoms with E-state index in [-0.39, 0.29) is 18.1 Å². The molecule has 0 saturated carbocycles. The first-order chi connectivity index (χ1) is 12.6. The van der Waals surface area contributed by atoms with Gasteiger partial charge >= 0.3 is 0 Å². The van der Waals surface area contributed by atoms with E-state index >= 15 is 0 Å². The monoisotopic (exact) mass is 353 g/mol. The molecule has 0 aliphatic carbocycles. The SMILES string of the molecule is COc1cccc(CC(=O)N[C@H](c2cccc(F)c2)c2nccn2C)c1. The minimum Gasteiger partial charge on any atom is -0.497 e. The summed E-state index contributed by atoms with van der Waals surface area (Å²) in [5, 5.41) is 2.96. The Bertz CT molecular complexity index is 907.